The van der Waals surface area contributed by atoms with Crippen molar-refractivity contribution in [1.29, 1.82) is 0 Å². The van der Waals surface area contributed by atoms with E-state index in [1.807, 2.05) is 14.0 Å². The highest BCUT2D eigenvalue weighted by Crippen LogP contribution is 2.30. The van der Waals surface area contributed by atoms with Crippen molar-refractivity contribution in [2.24, 2.45) is 0 Å². The van der Waals surface area contributed by atoms with Crippen LogP contribution in [-0.2, 0) is 0 Å². The number of hydrogen-bond acceptors (Lipinski definition) is 5. The van der Waals surface area contributed by atoms with Gasteiger partial charge in [-0.25, -0.2) is 0 Å². The Morgan fingerprint density at radius 2 is 2.22 bits per heavy atom. The number of halogens is 1. The monoisotopic (exact) mass is 267 g/mol. The first-order valence-electron chi connectivity index (χ1n) is 5.50. The van der Waals surface area contributed by atoms with E-state index in [2.05, 4.69) is 15.5 Å². The Morgan fingerprint density at radius 3 is 2.89 bits per heavy atom. The minimum atomic E-state index is 0.00421. The van der Waals surface area contributed by atoms with Crippen LogP contribution in [-0.4, -0.2) is 24.3 Å². The highest BCUT2D eigenvalue weighted by Gasteiger charge is 2.16. The van der Waals surface area contributed by atoms with E-state index in [4.69, 9.17) is 20.9 Å². The molecule has 96 valence electrons. The summed E-state index contributed by atoms with van der Waals surface area (Å²) in [5.41, 5.74) is 0.750. The normalized spacial score (nSPS) is 12.4. The molecule has 6 heteroatoms. The van der Waals surface area contributed by atoms with Crippen molar-refractivity contribution >= 4 is 11.6 Å². The number of rotatable bonds is 4. The van der Waals surface area contributed by atoms with E-state index in [-0.39, 0.29) is 6.04 Å². The molecule has 0 radical (unpaired) electrons. The molecule has 0 saturated carbocycles. The maximum Gasteiger partial charge on any atom is 0.243 e. The molecule has 0 fully saturated rings. The summed E-state index contributed by atoms with van der Waals surface area (Å²) in [6.45, 7) is 1.94. The van der Waals surface area contributed by atoms with Crippen LogP contribution in [0.2, 0.25) is 5.02 Å². The fourth-order valence-electron chi connectivity index (χ4n) is 1.49. The summed E-state index contributed by atoms with van der Waals surface area (Å²) < 4.78 is 10.4. The molecule has 1 unspecified atom stereocenters. The fraction of sp³-hybridized carbons (Fsp3) is 0.333. The molecular weight excluding hydrogens is 254 g/mol. The lowest BCUT2D eigenvalue weighted by Crippen LogP contribution is -2.12. The van der Waals surface area contributed by atoms with E-state index in [1.165, 1.54) is 0 Å². The molecule has 0 saturated heterocycles. The van der Waals surface area contributed by atoms with Gasteiger partial charge in [-0.05, 0) is 32.2 Å². The van der Waals surface area contributed by atoms with Gasteiger partial charge in [0.2, 0.25) is 11.7 Å². The van der Waals surface area contributed by atoms with Crippen LogP contribution in [0.3, 0.4) is 0 Å². The van der Waals surface area contributed by atoms with Crippen molar-refractivity contribution in [1.82, 2.24) is 15.5 Å². The van der Waals surface area contributed by atoms with Crippen LogP contribution in [0.15, 0.2) is 22.7 Å². The Kier molecular flexibility index (Phi) is 3.84. The van der Waals surface area contributed by atoms with Gasteiger partial charge in [0.15, 0.2) is 0 Å². The first kappa shape index (κ1) is 12.9. The molecule has 2 rings (SSSR count). The molecule has 0 spiro atoms. The van der Waals surface area contributed by atoms with Crippen molar-refractivity contribution in [3.63, 3.8) is 0 Å². The van der Waals surface area contributed by atoms with Gasteiger partial charge in [0.25, 0.3) is 0 Å². The fourth-order valence-corrected chi connectivity index (χ4v) is 1.66. The van der Waals surface area contributed by atoms with Crippen LogP contribution in [0.25, 0.3) is 11.4 Å². The summed E-state index contributed by atoms with van der Waals surface area (Å²) >= 11 is 5.91. The van der Waals surface area contributed by atoms with Crippen LogP contribution in [0.1, 0.15) is 18.9 Å². The Bertz CT molecular complexity index is 542. The summed E-state index contributed by atoms with van der Waals surface area (Å²) in [4.78, 5) is 4.33. The zero-order valence-electron chi connectivity index (χ0n) is 10.4. The number of nitrogens with one attached hydrogen (secondary N) is 1. The van der Waals surface area contributed by atoms with Crippen molar-refractivity contribution < 1.29 is 9.26 Å². The lowest BCUT2D eigenvalue weighted by Gasteiger charge is -2.05. The number of methoxy groups -OCH3 is 1. The Labute approximate surface area is 110 Å². The average Bonchev–Trinajstić information content (AvgIpc) is 2.87. The van der Waals surface area contributed by atoms with Gasteiger partial charge in [-0.2, -0.15) is 4.98 Å². The molecule has 0 aliphatic heterocycles. The van der Waals surface area contributed by atoms with Gasteiger partial charge in [0.05, 0.1) is 18.7 Å². The van der Waals surface area contributed by atoms with E-state index < -0.39 is 0 Å². The second-order valence-corrected chi connectivity index (χ2v) is 4.25. The van der Waals surface area contributed by atoms with Crippen LogP contribution in [0, 0.1) is 0 Å². The number of nitrogens with zero attached hydrogens (tertiary/aromatic N) is 2. The smallest absolute Gasteiger partial charge is 0.243 e. The lowest BCUT2D eigenvalue weighted by molar-refractivity contribution is 0.347. The van der Waals surface area contributed by atoms with E-state index >= 15 is 0 Å². The molecule has 1 N–H and O–H groups in total. The van der Waals surface area contributed by atoms with E-state index in [0.29, 0.717) is 22.5 Å². The first-order valence-corrected chi connectivity index (χ1v) is 5.88. The van der Waals surface area contributed by atoms with Crippen LogP contribution >= 0.6 is 11.6 Å². The SMILES string of the molecule is CNC(C)c1nc(-c2ccc(Cl)cc2OC)no1. The summed E-state index contributed by atoms with van der Waals surface area (Å²) in [5, 5.41) is 7.58. The van der Waals surface area contributed by atoms with Crippen molar-refractivity contribution in [2.75, 3.05) is 14.2 Å². The Morgan fingerprint density at radius 1 is 1.44 bits per heavy atom. The molecule has 1 aromatic carbocycles. The van der Waals surface area contributed by atoms with Crippen molar-refractivity contribution in [2.45, 2.75) is 13.0 Å². The van der Waals surface area contributed by atoms with E-state index in [1.54, 1.807) is 25.3 Å². The van der Waals surface area contributed by atoms with Gasteiger partial charge >= 0.3 is 0 Å². The predicted molar refractivity (Wildman–Crippen MR) is 68.8 cm³/mol. The standard InChI is InChI=1S/C12H14ClN3O2/c1-7(14-2)12-15-11(16-18-12)9-5-4-8(13)6-10(9)17-3/h4-7,14H,1-3H3. The molecule has 0 aliphatic carbocycles. The minimum Gasteiger partial charge on any atom is -0.496 e. The van der Waals surface area contributed by atoms with Crippen LogP contribution < -0.4 is 10.1 Å². The lowest BCUT2D eigenvalue weighted by atomic mass is 10.2. The van der Waals surface area contributed by atoms with Crippen LogP contribution in [0.5, 0.6) is 5.75 Å². The highest BCUT2D eigenvalue weighted by atomic mass is 35.5. The molecule has 5 nitrogen and oxygen atoms in total. The number of ether oxygens (including phenoxy) is 1. The second-order valence-electron chi connectivity index (χ2n) is 3.81. The molecular formula is C12H14ClN3O2. The van der Waals surface area contributed by atoms with Crippen LogP contribution in [0.4, 0.5) is 0 Å². The molecule has 1 heterocycles. The summed E-state index contributed by atoms with van der Waals surface area (Å²) in [6, 6.07) is 5.29. The third-order valence-electron chi connectivity index (χ3n) is 2.65. The third-order valence-corrected chi connectivity index (χ3v) is 2.88. The van der Waals surface area contributed by atoms with Crippen molar-refractivity contribution in [3.8, 4) is 17.1 Å². The van der Waals surface area contributed by atoms with Gasteiger partial charge in [-0.1, -0.05) is 16.8 Å². The Balaban J connectivity index is 2.39. The maximum absolute atomic E-state index is 5.91. The van der Waals surface area contributed by atoms with Gasteiger partial charge in [-0.3, -0.25) is 0 Å². The molecule has 0 bridgehead atoms. The quantitative estimate of drug-likeness (QED) is 0.923. The zero-order valence-corrected chi connectivity index (χ0v) is 11.2. The molecule has 18 heavy (non-hydrogen) atoms. The molecule has 1 atom stereocenters. The molecule has 2 aromatic rings. The van der Waals surface area contributed by atoms with Gasteiger partial charge in [-0.15, -0.1) is 0 Å². The summed E-state index contributed by atoms with van der Waals surface area (Å²) in [6.07, 6.45) is 0. The predicted octanol–water partition coefficient (Wildman–Crippen LogP) is 2.68. The summed E-state index contributed by atoms with van der Waals surface area (Å²) in [5.74, 6) is 1.64. The number of benzene rings is 1. The summed E-state index contributed by atoms with van der Waals surface area (Å²) in [7, 11) is 3.41. The zero-order chi connectivity index (χ0) is 13.1. The van der Waals surface area contributed by atoms with E-state index in [0.717, 1.165) is 5.56 Å². The van der Waals surface area contributed by atoms with Crippen molar-refractivity contribution in [3.05, 3.63) is 29.1 Å². The Hall–Kier alpha value is -1.59. The number of hydrogen-bond donors (Lipinski definition) is 1. The van der Waals surface area contributed by atoms with Gasteiger partial charge in [0, 0.05) is 5.02 Å². The minimum absolute atomic E-state index is 0.00421. The molecule has 1 aromatic heterocycles. The molecule has 0 aliphatic rings. The number of aromatic nitrogens is 2. The second kappa shape index (κ2) is 5.37. The first-order chi connectivity index (χ1) is 8.65. The topological polar surface area (TPSA) is 60.2 Å². The van der Waals surface area contributed by atoms with E-state index in [9.17, 15) is 0 Å². The van der Waals surface area contributed by atoms with Gasteiger partial charge < -0.3 is 14.6 Å². The third kappa shape index (κ3) is 2.47. The van der Waals surface area contributed by atoms with Gasteiger partial charge in [0.1, 0.15) is 5.75 Å². The maximum atomic E-state index is 5.91. The average molecular weight is 268 g/mol. The molecule has 0 amide bonds. The largest absolute Gasteiger partial charge is 0.496 e. The highest BCUT2D eigenvalue weighted by molar-refractivity contribution is 6.30.